The SMILES string of the molecule is CC(C)C1CCCCC12CC(NC(=O)CN)C2. The van der Waals surface area contributed by atoms with Crippen LogP contribution in [0.15, 0.2) is 0 Å². The molecule has 2 aliphatic carbocycles. The number of hydrogen-bond donors (Lipinski definition) is 2. The lowest BCUT2D eigenvalue weighted by Gasteiger charge is -2.56. The Morgan fingerprint density at radius 2 is 2.12 bits per heavy atom. The van der Waals surface area contributed by atoms with Crippen LogP contribution in [-0.4, -0.2) is 18.5 Å². The van der Waals surface area contributed by atoms with E-state index in [1.54, 1.807) is 0 Å². The van der Waals surface area contributed by atoms with Crippen LogP contribution >= 0.6 is 0 Å². The molecule has 0 heterocycles. The standard InChI is InChI=1S/C14H26N2O/c1-10(2)12-5-3-4-6-14(12)7-11(8-14)16-13(17)9-15/h10-12H,3-9,15H2,1-2H3,(H,16,17). The fraction of sp³-hybridized carbons (Fsp3) is 0.929. The van der Waals surface area contributed by atoms with Gasteiger partial charge in [0.1, 0.15) is 0 Å². The molecule has 0 saturated heterocycles. The topological polar surface area (TPSA) is 55.1 Å². The minimum absolute atomic E-state index is 0.00163. The van der Waals surface area contributed by atoms with Crippen LogP contribution in [0, 0.1) is 17.3 Å². The maximum Gasteiger partial charge on any atom is 0.233 e. The van der Waals surface area contributed by atoms with Gasteiger partial charge in [-0.3, -0.25) is 4.79 Å². The Hall–Kier alpha value is -0.570. The Morgan fingerprint density at radius 3 is 2.71 bits per heavy atom. The number of carbonyl (C=O) groups excluding carboxylic acids is 1. The molecule has 0 aromatic rings. The summed E-state index contributed by atoms with van der Waals surface area (Å²) >= 11 is 0. The van der Waals surface area contributed by atoms with Crippen molar-refractivity contribution in [3.8, 4) is 0 Å². The number of carbonyl (C=O) groups is 1. The first-order valence-electron chi connectivity index (χ1n) is 7.07. The van der Waals surface area contributed by atoms with Gasteiger partial charge < -0.3 is 11.1 Å². The maximum atomic E-state index is 11.3. The minimum Gasteiger partial charge on any atom is -0.352 e. The van der Waals surface area contributed by atoms with E-state index in [1.165, 1.54) is 38.5 Å². The second-order valence-corrected chi connectivity index (χ2v) is 6.34. The lowest BCUT2D eigenvalue weighted by atomic mass is 9.51. The van der Waals surface area contributed by atoms with E-state index in [1.807, 2.05) is 0 Å². The Bertz CT molecular complexity index is 282. The van der Waals surface area contributed by atoms with Gasteiger partial charge in [-0.1, -0.05) is 26.7 Å². The maximum absolute atomic E-state index is 11.3. The predicted molar refractivity (Wildman–Crippen MR) is 69.4 cm³/mol. The zero-order valence-corrected chi connectivity index (χ0v) is 11.2. The Balaban J connectivity index is 1.91. The molecule has 2 fully saturated rings. The number of rotatable bonds is 3. The van der Waals surface area contributed by atoms with Crippen molar-refractivity contribution in [3.05, 3.63) is 0 Å². The van der Waals surface area contributed by atoms with Gasteiger partial charge in [-0.05, 0) is 42.9 Å². The molecule has 1 atom stereocenters. The van der Waals surface area contributed by atoms with E-state index >= 15 is 0 Å². The highest BCUT2D eigenvalue weighted by Gasteiger charge is 2.51. The highest BCUT2D eigenvalue weighted by atomic mass is 16.1. The zero-order chi connectivity index (χ0) is 12.5. The fourth-order valence-electron chi connectivity index (χ4n) is 4.19. The second-order valence-electron chi connectivity index (χ2n) is 6.34. The van der Waals surface area contributed by atoms with E-state index in [0.29, 0.717) is 11.5 Å². The molecule has 1 unspecified atom stereocenters. The van der Waals surface area contributed by atoms with Crippen molar-refractivity contribution < 1.29 is 4.79 Å². The third-order valence-electron chi connectivity index (χ3n) is 4.89. The molecule has 17 heavy (non-hydrogen) atoms. The third kappa shape index (κ3) is 2.49. The van der Waals surface area contributed by atoms with Gasteiger partial charge in [0.2, 0.25) is 5.91 Å². The molecule has 0 aliphatic heterocycles. The molecule has 3 heteroatoms. The second kappa shape index (κ2) is 4.97. The predicted octanol–water partition coefficient (Wildman–Crippen LogP) is 2.06. The third-order valence-corrected chi connectivity index (χ3v) is 4.89. The molecule has 0 bridgehead atoms. The van der Waals surface area contributed by atoms with Gasteiger partial charge in [0, 0.05) is 6.04 Å². The van der Waals surface area contributed by atoms with Crippen LogP contribution in [0.1, 0.15) is 52.4 Å². The summed E-state index contributed by atoms with van der Waals surface area (Å²) in [6, 6.07) is 0.394. The van der Waals surface area contributed by atoms with Crippen molar-refractivity contribution in [1.29, 1.82) is 0 Å². The van der Waals surface area contributed by atoms with E-state index in [4.69, 9.17) is 5.73 Å². The first-order valence-corrected chi connectivity index (χ1v) is 7.07. The molecule has 1 amide bonds. The molecular weight excluding hydrogens is 212 g/mol. The highest BCUT2D eigenvalue weighted by molar-refractivity contribution is 5.78. The normalized spacial score (nSPS) is 36.9. The Kier molecular flexibility index (Phi) is 3.76. The summed E-state index contributed by atoms with van der Waals surface area (Å²) in [7, 11) is 0. The van der Waals surface area contributed by atoms with Crippen LogP contribution in [0.4, 0.5) is 0 Å². The first kappa shape index (κ1) is 12.9. The van der Waals surface area contributed by atoms with E-state index < -0.39 is 0 Å². The number of amides is 1. The smallest absolute Gasteiger partial charge is 0.233 e. The van der Waals surface area contributed by atoms with Crippen LogP contribution in [-0.2, 0) is 4.79 Å². The lowest BCUT2D eigenvalue weighted by molar-refractivity contribution is -0.123. The number of nitrogens with two attached hydrogens (primary N) is 1. The summed E-state index contributed by atoms with van der Waals surface area (Å²) < 4.78 is 0. The fourth-order valence-corrected chi connectivity index (χ4v) is 4.19. The minimum atomic E-state index is 0.00163. The van der Waals surface area contributed by atoms with Gasteiger partial charge in [-0.15, -0.1) is 0 Å². The Labute approximate surface area is 105 Å². The van der Waals surface area contributed by atoms with Gasteiger partial charge in [-0.2, -0.15) is 0 Å². The number of hydrogen-bond acceptors (Lipinski definition) is 2. The van der Waals surface area contributed by atoms with Crippen LogP contribution in [0.2, 0.25) is 0 Å². The van der Waals surface area contributed by atoms with Crippen molar-refractivity contribution in [3.63, 3.8) is 0 Å². The zero-order valence-electron chi connectivity index (χ0n) is 11.2. The van der Waals surface area contributed by atoms with Gasteiger partial charge in [-0.25, -0.2) is 0 Å². The molecule has 3 N–H and O–H groups in total. The van der Waals surface area contributed by atoms with Gasteiger partial charge >= 0.3 is 0 Å². The van der Waals surface area contributed by atoms with Gasteiger partial charge in [0.15, 0.2) is 0 Å². The van der Waals surface area contributed by atoms with Crippen molar-refractivity contribution in [2.24, 2.45) is 23.0 Å². The van der Waals surface area contributed by atoms with Gasteiger partial charge in [0.05, 0.1) is 6.54 Å². The van der Waals surface area contributed by atoms with Crippen LogP contribution in [0.5, 0.6) is 0 Å². The first-order chi connectivity index (χ1) is 8.07. The van der Waals surface area contributed by atoms with Crippen LogP contribution in [0.3, 0.4) is 0 Å². The van der Waals surface area contributed by atoms with Crippen molar-refractivity contribution in [2.45, 2.75) is 58.4 Å². The average Bonchev–Trinajstić information content (AvgIpc) is 2.27. The molecular formula is C14H26N2O. The van der Waals surface area contributed by atoms with Crippen LogP contribution < -0.4 is 11.1 Å². The summed E-state index contributed by atoms with van der Waals surface area (Å²) in [5.74, 6) is 1.64. The molecule has 0 aromatic heterocycles. The number of nitrogens with one attached hydrogen (secondary N) is 1. The molecule has 2 saturated carbocycles. The molecule has 3 nitrogen and oxygen atoms in total. The molecule has 98 valence electrons. The van der Waals surface area contributed by atoms with E-state index in [2.05, 4.69) is 19.2 Å². The summed E-state index contributed by atoms with van der Waals surface area (Å²) in [5, 5.41) is 3.03. The summed E-state index contributed by atoms with van der Waals surface area (Å²) in [6.45, 7) is 4.82. The van der Waals surface area contributed by atoms with Crippen molar-refractivity contribution >= 4 is 5.91 Å². The molecule has 2 rings (SSSR count). The molecule has 1 spiro atoms. The Morgan fingerprint density at radius 1 is 1.41 bits per heavy atom. The molecule has 0 aromatic carbocycles. The molecule has 0 radical (unpaired) electrons. The monoisotopic (exact) mass is 238 g/mol. The average molecular weight is 238 g/mol. The van der Waals surface area contributed by atoms with Crippen molar-refractivity contribution in [1.82, 2.24) is 5.32 Å². The quantitative estimate of drug-likeness (QED) is 0.790. The molecule has 2 aliphatic rings. The van der Waals surface area contributed by atoms with Crippen molar-refractivity contribution in [2.75, 3.05) is 6.54 Å². The highest BCUT2D eigenvalue weighted by Crippen LogP contribution is 2.57. The largest absolute Gasteiger partial charge is 0.352 e. The van der Waals surface area contributed by atoms with Crippen LogP contribution in [0.25, 0.3) is 0 Å². The van der Waals surface area contributed by atoms with E-state index in [9.17, 15) is 4.79 Å². The summed E-state index contributed by atoms with van der Waals surface area (Å²) in [4.78, 5) is 11.3. The summed E-state index contributed by atoms with van der Waals surface area (Å²) in [5.41, 5.74) is 5.87. The lowest BCUT2D eigenvalue weighted by Crippen LogP contribution is -2.56. The van der Waals surface area contributed by atoms with E-state index in [-0.39, 0.29) is 12.5 Å². The van der Waals surface area contributed by atoms with Gasteiger partial charge in [0.25, 0.3) is 0 Å². The summed E-state index contributed by atoms with van der Waals surface area (Å²) in [6.07, 6.45) is 7.88. The van der Waals surface area contributed by atoms with E-state index in [0.717, 1.165) is 11.8 Å².